The summed E-state index contributed by atoms with van der Waals surface area (Å²) >= 11 is 3.56. The molecule has 0 aliphatic carbocycles. The molecule has 1 atom stereocenters. The van der Waals surface area contributed by atoms with Crippen LogP contribution in [0.3, 0.4) is 0 Å². The number of methoxy groups -OCH3 is 1. The summed E-state index contributed by atoms with van der Waals surface area (Å²) in [6.45, 7) is 2.48. The average Bonchev–Trinajstić information content (AvgIpc) is 2.86. The highest BCUT2D eigenvalue weighted by molar-refractivity contribution is 9.10. The lowest BCUT2D eigenvalue weighted by Gasteiger charge is -2.15. The molecular formula is C14H20BrNO2. The lowest BCUT2D eigenvalue weighted by atomic mass is 10.1. The normalized spacial score (nSPS) is 19.1. The summed E-state index contributed by atoms with van der Waals surface area (Å²) in [7, 11) is 1.72. The molecule has 1 aliphatic heterocycles. The van der Waals surface area contributed by atoms with Crippen LogP contribution in [0.15, 0.2) is 22.7 Å². The van der Waals surface area contributed by atoms with Gasteiger partial charge < -0.3 is 14.8 Å². The molecule has 0 bridgehead atoms. The van der Waals surface area contributed by atoms with Crippen LogP contribution < -0.4 is 5.32 Å². The summed E-state index contributed by atoms with van der Waals surface area (Å²) < 4.78 is 11.9. The van der Waals surface area contributed by atoms with Crippen LogP contribution in [0.5, 0.6) is 0 Å². The highest BCUT2D eigenvalue weighted by atomic mass is 79.9. The van der Waals surface area contributed by atoms with Gasteiger partial charge >= 0.3 is 0 Å². The van der Waals surface area contributed by atoms with Crippen LogP contribution in [-0.2, 0) is 16.1 Å². The molecule has 1 saturated heterocycles. The van der Waals surface area contributed by atoms with Gasteiger partial charge in [-0.2, -0.15) is 0 Å². The second kappa shape index (κ2) is 7.12. The van der Waals surface area contributed by atoms with E-state index in [0.717, 1.165) is 29.7 Å². The van der Waals surface area contributed by atoms with E-state index in [4.69, 9.17) is 9.47 Å². The smallest absolute Gasteiger partial charge is 0.0744 e. The highest BCUT2D eigenvalue weighted by Crippen LogP contribution is 2.26. The molecule has 2 rings (SSSR count). The summed E-state index contributed by atoms with van der Waals surface area (Å²) in [5, 5.41) is 3.48. The van der Waals surface area contributed by atoms with Gasteiger partial charge in [0.05, 0.1) is 12.7 Å². The van der Waals surface area contributed by atoms with E-state index in [2.05, 4.69) is 27.3 Å². The minimum Gasteiger partial charge on any atom is -0.385 e. The molecule has 1 N–H and O–H groups in total. The first kappa shape index (κ1) is 13.8. The Hall–Kier alpha value is -0.580. The van der Waals surface area contributed by atoms with E-state index < -0.39 is 0 Å². The van der Waals surface area contributed by atoms with Crippen molar-refractivity contribution in [3.05, 3.63) is 28.2 Å². The molecule has 3 nitrogen and oxygen atoms in total. The lowest BCUT2D eigenvalue weighted by molar-refractivity contribution is 0.107. The summed E-state index contributed by atoms with van der Waals surface area (Å²) in [5.41, 5.74) is 2.32. The van der Waals surface area contributed by atoms with Crippen LogP contribution in [-0.4, -0.2) is 26.4 Å². The minimum absolute atomic E-state index is 0.440. The summed E-state index contributed by atoms with van der Waals surface area (Å²) in [6, 6.07) is 6.17. The molecule has 1 aromatic rings. The zero-order valence-corrected chi connectivity index (χ0v) is 12.3. The molecule has 0 saturated carbocycles. The quantitative estimate of drug-likeness (QED) is 0.870. The largest absolute Gasteiger partial charge is 0.385 e. The number of ether oxygens (including phenoxy) is 2. The van der Waals surface area contributed by atoms with Gasteiger partial charge in [0.2, 0.25) is 0 Å². The summed E-state index contributed by atoms with van der Waals surface area (Å²) in [5.74, 6) is 0. The molecule has 1 aliphatic rings. The molecular weight excluding hydrogens is 294 g/mol. The van der Waals surface area contributed by atoms with E-state index in [1.165, 1.54) is 18.4 Å². The molecule has 0 aromatic heterocycles. The van der Waals surface area contributed by atoms with Crippen molar-refractivity contribution in [1.82, 2.24) is 0 Å². The van der Waals surface area contributed by atoms with Crippen molar-refractivity contribution in [3.63, 3.8) is 0 Å². The minimum atomic E-state index is 0.440. The highest BCUT2D eigenvalue weighted by Gasteiger charge is 2.15. The van der Waals surface area contributed by atoms with Gasteiger partial charge in [-0.05, 0) is 31.4 Å². The zero-order valence-electron chi connectivity index (χ0n) is 10.7. The second-order valence-corrected chi connectivity index (χ2v) is 5.40. The molecule has 4 heteroatoms. The van der Waals surface area contributed by atoms with Gasteiger partial charge in [0, 0.05) is 36.0 Å². The number of benzene rings is 1. The standard InChI is InChI=1S/C14H20BrNO2/c1-17-10-12-13(15)5-2-6-14(12)16-8-7-11-4-3-9-18-11/h2,5-6,11,16H,3-4,7-10H2,1H3. The lowest BCUT2D eigenvalue weighted by Crippen LogP contribution is -2.13. The zero-order chi connectivity index (χ0) is 12.8. The van der Waals surface area contributed by atoms with E-state index in [0.29, 0.717) is 12.7 Å². The first-order valence-corrected chi connectivity index (χ1v) is 7.22. The van der Waals surface area contributed by atoms with Crippen LogP contribution in [0, 0.1) is 0 Å². The SMILES string of the molecule is COCc1c(Br)cccc1NCCC1CCCO1. The Morgan fingerprint density at radius 3 is 3.11 bits per heavy atom. The molecule has 0 spiro atoms. The predicted molar refractivity (Wildman–Crippen MR) is 76.9 cm³/mol. The Morgan fingerprint density at radius 1 is 1.50 bits per heavy atom. The molecule has 1 heterocycles. The number of nitrogens with one attached hydrogen (secondary N) is 1. The van der Waals surface area contributed by atoms with E-state index in [1.54, 1.807) is 7.11 Å². The fourth-order valence-corrected chi connectivity index (χ4v) is 2.74. The third-order valence-electron chi connectivity index (χ3n) is 3.21. The van der Waals surface area contributed by atoms with E-state index in [9.17, 15) is 0 Å². The molecule has 18 heavy (non-hydrogen) atoms. The fraction of sp³-hybridized carbons (Fsp3) is 0.571. The molecule has 1 fully saturated rings. The Labute approximate surface area is 117 Å². The van der Waals surface area contributed by atoms with E-state index in [-0.39, 0.29) is 0 Å². The van der Waals surface area contributed by atoms with Crippen molar-refractivity contribution in [2.45, 2.75) is 32.0 Å². The van der Waals surface area contributed by atoms with Gasteiger partial charge in [-0.3, -0.25) is 0 Å². The van der Waals surface area contributed by atoms with Crippen molar-refractivity contribution >= 4 is 21.6 Å². The third-order valence-corrected chi connectivity index (χ3v) is 3.96. The fourth-order valence-electron chi connectivity index (χ4n) is 2.26. The van der Waals surface area contributed by atoms with Crippen molar-refractivity contribution in [3.8, 4) is 0 Å². The predicted octanol–water partition coefficient (Wildman–Crippen LogP) is 3.58. The Morgan fingerprint density at radius 2 is 2.39 bits per heavy atom. The Kier molecular flexibility index (Phi) is 5.47. The number of anilines is 1. The van der Waals surface area contributed by atoms with Crippen LogP contribution in [0.4, 0.5) is 5.69 Å². The summed E-state index contributed by atoms with van der Waals surface area (Å²) in [4.78, 5) is 0. The maximum absolute atomic E-state index is 5.62. The maximum atomic E-state index is 5.62. The number of halogens is 1. The van der Waals surface area contributed by atoms with Crippen molar-refractivity contribution in [2.24, 2.45) is 0 Å². The van der Waals surface area contributed by atoms with Gasteiger partial charge in [0.25, 0.3) is 0 Å². The summed E-state index contributed by atoms with van der Waals surface area (Å²) in [6.07, 6.45) is 3.91. The van der Waals surface area contributed by atoms with E-state index in [1.807, 2.05) is 12.1 Å². The number of rotatable bonds is 6. The van der Waals surface area contributed by atoms with Gasteiger partial charge in [-0.25, -0.2) is 0 Å². The van der Waals surface area contributed by atoms with Gasteiger partial charge in [0.15, 0.2) is 0 Å². The van der Waals surface area contributed by atoms with Crippen molar-refractivity contribution in [2.75, 3.05) is 25.6 Å². The maximum Gasteiger partial charge on any atom is 0.0744 e. The van der Waals surface area contributed by atoms with Crippen LogP contribution >= 0.6 is 15.9 Å². The van der Waals surface area contributed by atoms with Crippen LogP contribution in [0.1, 0.15) is 24.8 Å². The van der Waals surface area contributed by atoms with E-state index >= 15 is 0 Å². The first-order chi connectivity index (χ1) is 8.81. The third kappa shape index (κ3) is 3.70. The Balaban J connectivity index is 1.89. The second-order valence-electron chi connectivity index (χ2n) is 4.55. The number of hydrogen-bond acceptors (Lipinski definition) is 3. The van der Waals surface area contributed by atoms with Crippen molar-refractivity contribution < 1.29 is 9.47 Å². The topological polar surface area (TPSA) is 30.5 Å². The monoisotopic (exact) mass is 313 g/mol. The van der Waals surface area contributed by atoms with Crippen LogP contribution in [0.25, 0.3) is 0 Å². The van der Waals surface area contributed by atoms with Gasteiger partial charge in [-0.1, -0.05) is 22.0 Å². The van der Waals surface area contributed by atoms with Gasteiger partial charge in [0.1, 0.15) is 0 Å². The molecule has 0 amide bonds. The Bertz CT molecular complexity index is 378. The van der Waals surface area contributed by atoms with Crippen molar-refractivity contribution in [1.29, 1.82) is 0 Å². The molecule has 1 aromatic carbocycles. The van der Waals surface area contributed by atoms with Gasteiger partial charge in [-0.15, -0.1) is 0 Å². The number of hydrogen-bond donors (Lipinski definition) is 1. The molecule has 1 unspecified atom stereocenters. The molecule has 0 radical (unpaired) electrons. The van der Waals surface area contributed by atoms with Crippen LogP contribution in [0.2, 0.25) is 0 Å². The first-order valence-electron chi connectivity index (χ1n) is 6.43. The average molecular weight is 314 g/mol. The molecule has 100 valence electrons.